The molecule has 1 fully saturated rings. The topological polar surface area (TPSA) is 92.6 Å². The summed E-state index contributed by atoms with van der Waals surface area (Å²) in [6, 6.07) is 11.6. The van der Waals surface area contributed by atoms with Crippen LogP contribution in [0.25, 0.3) is 5.76 Å². The number of rotatable bonds is 5. The summed E-state index contributed by atoms with van der Waals surface area (Å²) in [7, 11) is 1.59. The van der Waals surface area contributed by atoms with Gasteiger partial charge in [-0.15, -0.1) is 0 Å². The second-order valence-corrected chi connectivity index (χ2v) is 9.24. The SMILES string of the molecule is COc1ccc(/C(O)=C2/C(=O)C(=O)N(Cc3cccnc3)C2c2cccnc2)cc1C(C)(C)C. The average Bonchev–Trinajstić information content (AvgIpc) is 3.08. The highest BCUT2D eigenvalue weighted by Crippen LogP contribution is 2.41. The summed E-state index contributed by atoms with van der Waals surface area (Å²) in [5.41, 5.74) is 2.50. The summed E-state index contributed by atoms with van der Waals surface area (Å²) in [5.74, 6) is -0.953. The van der Waals surface area contributed by atoms with Crippen LogP contribution in [0.15, 0.2) is 72.8 Å². The van der Waals surface area contributed by atoms with E-state index in [0.717, 1.165) is 11.1 Å². The van der Waals surface area contributed by atoms with Gasteiger partial charge in [0.1, 0.15) is 11.5 Å². The van der Waals surface area contributed by atoms with Crippen molar-refractivity contribution in [2.45, 2.75) is 38.8 Å². The van der Waals surface area contributed by atoms with Gasteiger partial charge in [0.15, 0.2) is 0 Å². The van der Waals surface area contributed by atoms with Crippen LogP contribution in [0.3, 0.4) is 0 Å². The molecular formula is C27H27N3O4. The molecule has 3 heterocycles. The van der Waals surface area contributed by atoms with E-state index in [4.69, 9.17) is 4.74 Å². The number of methoxy groups -OCH3 is 1. The van der Waals surface area contributed by atoms with Crippen LogP contribution in [0.5, 0.6) is 5.75 Å². The van der Waals surface area contributed by atoms with Crippen molar-refractivity contribution in [3.63, 3.8) is 0 Å². The number of pyridine rings is 2. The number of amides is 1. The van der Waals surface area contributed by atoms with Gasteiger partial charge in [0.2, 0.25) is 0 Å². The first kappa shape index (κ1) is 23.2. The number of ether oxygens (including phenoxy) is 1. The van der Waals surface area contributed by atoms with Crippen molar-refractivity contribution in [1.29, 1.82) is 0 Å². The predicted octanol–water partition coefficient (Wildman–Crippen LogP) is 4.40. The number of ketones is 1. The number of hydrogen-bond acceptors (Lipinski definition) is 6. The zero-order valence-corrected chi connectivity index (χ0v) is 19.6. The van der Waals surface area contributed by atoms with E-state index in [1.165, 1.54) is 4.90 Å². The van der Waals surface area contributed by atoms with E-state index in [1.807, 2.05) is 32.9 Å². The monoisotopic (exact) mass is 457 g/mol. The van der Waals surface area contributed by atoms with Gasteiger partial charge in [0, 0.05) is 42.5 Å². The van der Waals surface area contributed by atoms with Gasteiger partial charge in [-0.2, -0.15) is 0 Å². The standard InChI is InChI=1S/C27H27N3O4/c1-27(2,3)20-13-18(9-10-21(20)34-4)24(31)22-23(19-8-6-12-29-15-19)30(26(33)25(22)32)16-17-7-5-11-28-14-17/h5-15,23,31H,16H2,1-4H3/b24-22-. The van der Waals surface area contributed by atoms with Gasteiger partial charge >= 0.3 is 0 Å². The highest BCUT2D eigenvalue weighted by molar-refractivity contribution is 6.46. The van der Waals surface area contributed by atoms with E-state index in [9.17, 15) is 14.7 Å². The summed E-state index contributed by atoms with van der Waals surface area (Å²) in [6.07, 6.45) is 6.52. The molecule has 1 unspecified atom stereocenters. The normalized spacial score (nSPS) is 17.8. The number of likely N-dealkylation sites (tertiary alicyclic amines) is 1. The fraction of sp³-hybridized carbons (Fsp3) is 0.259. The van der Waals surface area contributed by atoms with Crippen LogP contribution in [0.1, 0.15) is 49.1 Å². The van der Waals surface area contributed by atoms with Gasteiger partial charge in [0.25, 0.3) is 11.7 Å². The molecule has 174 valence electrons. The van der Waals surface area contributed by atoms with Crippen LogP contribution >= 0.6 is 0 Å². The van der Waals surface area contributed by atoms with Gasteiger partial charge in [-0.05, 0) is 46.9 Å². The zero-order chi connectivity index (χ0) is 24.5. The molecule has 1 N–H and O–H groups in total. The number of Topliss-reactive ketones (excluding diaryl/α,β-unsaturated/α-hetero) is 1. The van der Waals surface area contributed by atoms with Crippen LogP contribution in [0, 0.1) is 0 Å². The molecule has 1 saturated heterocycles. The molecule has 0 spiro atoms. The Morgan fingerprint density at radius 3 is 2.35 bits per heavy atom. The van der Waals surface area contributed by atoms with E-state index in [0.29, 0.717) is 16.9 Å². The number of aromatic nitrogens is 2. The number of aliphatic hydroxyl groups is 1. The molecule has 3 aromatic rings. The Morgan fingerprint density at radius 2 is 1.76 bits per heavy atom. The molecular weight excluding hydrogens is 430 g/mol. The van der Waals surface area contributed by atoms with Crippen LogP contribution in [-0.2, 0) is 21.5 Å². The Kier molecular flexibility index (Phi) is 6.20. The van der Waals surface area contributed by atoms with Crippen molar-refractivity contribution in [3.8, 4) is 5.75 Å². The molecule has 2 aromatic heterocycles. The summed E-state index contributed by atoms with van der Waals surface area (Å²) in [5, 5.41) is 11.4. The third-order valence-corrected chi connectivity index (χ3v) is 5.90. The highest BCUT2D eigenvalue weighted by atomic mass is 16.5. The first-order valence-corrected chi connectivity index (χ1v) is 11.0. The van der Waals surface area contributed by atoms with E-state index in [-0.39, 0.29) is 23.3 Å². The minimum Gasteiger partial charge on any atom is -0.507 e. The maximum absolute atomic E-state index is 13.2. The number of benzene rings is 1. The molecule has 7 nitrogen and oxygen atoms in total. The molecule has 4 rings (SSSR count). The molecule has 0 radical (unpaired) electrons. The number of carbonyl (C=O) groups excluding carboxylic acids is 2. The van der Waals surface area contributed by atoms with Gasteiger partial charge in [-0.3, -0.25) is 19.6 Å². The number of nitrogens with zero attached hydrogens (tertiary/aromatic N) is 3. The van der Waals surface area contributed by atoms with E-state index >= 15 is 0 Å². The molecule has 1 amide bonds. The third-order valence-electron chi connectivity index (χ3n) is 5.90. The maximum Gasteiger partial charge on any atom is 0.295 e. The Bertz CT molecular complexity index is 1250. The second-order valence-electron chi connectivity index (χ2n) is 9.24. The summed E-state index contributed by atoms with van der Waals surface area (Å²) in [4.78, 5) is 36.1. The molecule has 0 aliphatic carbocycles. The molecule has 0 bridgehead atoms. The van der Waals surface area contributed by atoms with Crippen LogP contribution in [-0.4, -0.2) is 38.8 Å². The van der Waals surface area contributed by atoms with Gasteiger partial charge < -0.3 is 14.7 Å². The van der Waals surface area contributed by atoms with E-state index in [2.05, 4.69) is 9.97 Å². The van der Waals surface area contributed by atoms with Crippen molar-refractivity contribution in [2.24, 2.45) is 0 Å². The van der Waals surface area contributed by atoms with Crippen molar-refractivity contribution in [3.05, 3.63) is 95.1 Å². The lowest BCUT2D eigenvalue weighted by atomic mass is 9.84. The van der Waals surface area contributed by atoms with Gasteiger partial charge in [-0.1, -0.05) is 32.9 Å². The third kappa shape index (κ3) is 4.29. The Labute approximate surface area is 198 Å². The Balaban J connectivity index is 1.88. The smallest absolute Gasteiger partial charge is 0.295 e. The Hall–Kier alpha value is -4.00. The largest absolute Gasteiger partial charge is 0.507 e. The summed E-state index contributed by atoms with van der Waals surface area (Å²) >= 11 is 0. The number of aliphatic hydroxyl groups excluding tert-OH is 1. The fourth-order valence-corrected chi connectivity index (χ4v) is 4.21. The number of carbonyl (C=O) groups is 2. The maximum atomic E-state index is 13.2. The van der Waals surface area contributed by atoms with Crippen LogP contribution in [0.4, 0.5) is 0 Å². The van der Waals surface area contributed by atoms with E-state index in [1.54, 1.807) is 62.2 Å². The van der Waals surface area contributed by atoms with Crippen molar-refractivity contribution < 1.29 is 19.4 Å². The Morgan fingerprint density at radius 1 is 1.06 bits per heavy atom. The lowest BCUT2D eigenvalue weighted by Crippen LogP contribution is -2.29. The quantitative estimate of drug-likeness (QED) is 0.347. The minimum atomic E-state index is -0.783. The molecule has 1 aromatic carbocycles. The lowest BCUT2D eigenvalue weighted by molar-refractivity contribution is -0.140. The molecule has 1 aliphatic heterocycles. The first-order chi connectivity index (χ1) is 16.2. The molecule has 1 aliphatic rings. The predicted molar refractivity (Wildman–Crippen MR) is 128 cm³/mol. The van der Waals surface area contributed by atoms with Crippen molar-refractivity contribution in [2.75, 3.05) is 7.11 Å². The molecule has 0 saturated carbocycles. The molecule has 1 atom stereocenters. The van der Waals surface area contributed by atoms with Crippen LogP contribution in [0.2, 0.25) is 0 Å². The van der Waals surface area contributed by atoms with Gasteiger partial charge in [0.05, 0.1) is 18.7 Å². The first-order valence-electron chi connectivity index (χ1n) is 11.0. The van der Waals surface area contributed by atoms with E-state index < -0.39 is 17.7 Å². The average molecular weight is 458 g/mol. The number of hydrogen-bond donors (Lipinski definition) is 1. The molecule has 7 heteroatoms. The summed E-state index contributed by atoms with van der Waals surface area (Å²) in [6.45, 7) is 6.29. The van der Waals surface area contributed by atoms with Gasteiger partial charge in [-0.25, -0.2) is 0 Å². The summed E-state index contributed by atoms with van der Waals surface area (Å²) < 4.78 is 5.50. The second kappa shape index (κ2) is 9.09. The van der Waals surface area contributed by atoms with Crippen molar-refractivity contribution in [1.82, 2.24) is 14.9 Å². The van der Waals surface area contributed by atoms with Crippen molar-refractivity contribution >= 4 is 17.4 Å². The molecule has 34 heavy (non-hydrogen) atoms. The highest BCUT2D eigenvalue weighted by Gasteiger charge is 2.46. The minimum absolute atomic E-state index is 0.0342. The zero-order valence-electron chi connectivity index (χ0n) is 19.6. The fourth-order valence-electron chi connectivity index (χ4n) is 4.21. The lowest BCUT2D eigenvalue weighted by Gasteiger charge is -2.25. The van der Waals surface area contributed by atoms with Crippen LogP contribution < -0.4 is 4.74 Å².